The number of amides is 1. The number of carbonyl (C=O) groups is 1. The van der Waals surface area contributed by atoms with E-state index in [0.29, 0.717) is 5.56 Å². The average Bonchev–Trinajstić information content (AvgIpc) is 2.48. The zero-order chi connectivity index (χ0) is 13.5. The van der Waals surface area contributed by atoms with Crippen LogP contribution in [-0.4, -0.2) is 13.0 Å². The van der Waals surface area contributed by atoms with Crippen LogP contribution < -0.4 is 16.2 Å². The van der Waals surface area contributed by atoms with Gasteiger partial charge in [-0.25, -0.2) is 0 Å². The fraction of sp³-hybridized carbons (Fsp3) is 0.400. The Hall–Kier alpha value is -1.97. The summed E-state index contributed by atoms with van der Waals surface area (Å²) in [6.07, 6.45) is 8.03. The lowest BCUT2D eigenvalue weighted by molar-refractivity contribution is 0.0941. The van der Waals surface area contributed by atoms with Crippen molar-refractivity contribution in [3.63, 3.8) is 0 Å². The molecule has 1 aliphatic carbocycles. The maximum atomic E-state index is 12.0. The van der Waals surface area contributed by atoms with E-state index in [0.717, 1.165) is 18.5 Å². The van der Waals surface area contributed by atoms with Crippen molar-refractivity contribution in [2.75, 3.05) is 12.4 Å². The molecule has 0 radical (unpaired) electrons. The lowest BCUT2D eigenvalue weighted by Gasteiger charge is -2.14. The van der Waals surface area contributed by atoms with Gasteiger partial charge in [0.05, 0.1) is 5.56 Å². The van der Waals surface area contributed by atoms with Crippen LogP contribution in [0, 0.1) is 0 Å². The molecular formula is C15H21N3O. The first-order valence-corrected chi connectivity index (χ1v) is 6.82. The highest BCUT2D eigenvalue weighted by molar-refractivity contribution is 5.99. The Bertz CT molecular complexity index is 460. The molecule has 0 unspecified atom stereocenters. The number of carbonyl (C=O) groups excluding carboxylic acids is 1. The van der Waals surface area contributed by atoms with Crippen LogP contribution in [0.15, 0.2) is 36.0 Å². The second-order valence-corrected chi connectivity index (χ2v) is 4.76. The van der Waals surface area contributed by atoms with Crippen LogP contribution in [0.25, 0.3) is 0 Å². The number of allylic oxidation sites excluding steroid dienone is 1. The molecule has 4 heteroatoms. The topological polar surface area (TPSA) is 53.2 Å². The molecule has 1 fully saturated rings. The Balaban J connectivity index is 1.90. The minimum absolute atomic E-state index is 0.127. The molecule has 1 saturated carbocycles. The molecule has 4 nitrogen and oxygen atoms in total. The fourth-order valence-electron chi connectivity index (χ4n) is 2.32. The normalized spacial score (nSPS) is 14.7. The predicted molar refractivity (Wildman–Crippen MR) is 77.8 cm³/mol. The van der Waals surface area contributed by atoms with E-state index in [1.807, 2.05) is 31.4 Å². The molecule has 0 bridgehead atoms. The molecule has 0 saturated heterocycles. The molecule has 19 heavy (non-hydrogen) atoms. The van der Waals surface area contributed by atoms with Crippen molar-refractivity contribution in [3.05, 3.63) is 41.6 Å². The molecule has 2 rings (SSSR count). The van der Waals surface area contributed by atoms with Crippen LogP contribution in [0.2, 0.25) is 0 Å². The van der Waals surface area contributed by atoms with Gasteiger partial charge < -0.3 is 10.7 Å². The van der Waals surface area contributed by atoms with Gasteiger partial charge in [0, 0.05) is 18.9 Å². The van der Waals surface area contributed by atoms with Crippen LogP contribution in [0.3, 0.4) is 0 Å². The van der Waals surface area contributed by atoms with Crippen LogP contribution in [0.1, 0.15) is 42.5 Å². The SMILES string of the molecule is CNc1ccccc1C(=O)NNC=C1CCCCC1. The number of hydrogen-bond acceptors (Lipinski definition) is 3. The van der Waals surface area contributed by atoms with Crippen LogP contribution in [-0.2, 0) is 0 Å². The molecule has 3 N–H and O–H groups in total. The van der Waals surface area contributed by atoms with E-state index < -0.39 is 0 Å². The number of nitrogens with one attached hydrogen (secondary N) is 3. The van der Waals surface area contributed by atoms with Crippen molar-refractivity contribution in [2.24, 2.45) is 0 Å². The lowest BCUT2D eigenvalue weighted by atomic mass is 9.96. The monoisotopic (exact) mass is 259 g/mol. The maximum Gasteiger partial charge on any atom is 0.271 e. The second-order valence-electron chi connectivity index (χ2n) is 4.76. The van der Waals surface area contributed by atoms with Crippen molar-refractivity contribution < 1.29 is 4.79 Å². The summed E-state index contributed by atoms with van der Waals surface area (Å²) < 4.78 is 0. The molecule has 0 heterocycles. The van der Waals surface area contributed by atoms with Crippen LogP contribution in [0.4, 0.5) is 5.69 Å². The molecule has 0 aromatic heterocycles. The third kappa shape index (κ3) is 3.74. The summed E-state index contributed by atoms with van der Waals surface area (Å²) in [4.78, 5) is 12.0. The third-order valence-electron chi connectivity index (χ3n) is 3.40. The first kappa shape index (κ1) is 13.5. The number of para-hydroxylation sites is 1. The molecule has 1 aliphatic rings. The minimum Gasteiger partial charge on any atom is -0.387 e. The Kier molecular flexibility index (Phi) is 4.84. The Morgan fingerprint density at radius 2 is 1.89 bits per heavy atom. The van der Waals surface area contributed by atoms with Gasteiger partial charge in [-0.2, -0.15) is 0 Å². The van der Waals surface area contributed by atoms with Gasteiger partial charge in [-0.3, -0.25) is 10.2 Å². The largest absolute Gasteiger partial charge is 0.387 e. The zero-order valence-corrected chi connectivity index (χ0v) is 11.3. The van der Waals surface area contributed by atoms with Crippen molar-refractivity contribution in [2.45, 2.75) is 32.1 Å². The maximum absolute atomic E-state index is 12.0. The van der Waals surface area contributed by atoms with E-state index in [-0.39, 0.29) is 5.91 Å². The number of hydrogen-bond donors (Lipinski definition) is 3. The van der Waals surface area contributed by atoms with E-state index in [1.165, 1.54) is 24.8 Å². The van der Waals surface area contributed by atoms with Crippen molar-refractivity contribution in [3.8, 4) is 0 Å². The smallest absolute Gasteiger partial charge is 0.271 e. The number of rotatable bonds is 4. The first-order valence-electron chi connectivity index (χ1n) is 6.82. The van der Waals surface area contributed by atoms with Gasteiger partial charge in [-0.15, -0.1) is 0 Å². The highest BCUT2D eigenvalue weighted by Gasteiger charge is 2.09. The second kappa shape index (κ2) is 6.83. The summed E-state index contributed by atoms with van der Waals surface area (Å²) in [5.74, 6) is -0.127. The van der Waals surface area contributed by atoms with Gasteiger partial charge in [0.15, 0.2) is 0 Å². The zero-order valence-electron chi connectivity index (χ0n) is 11.3. The minimum atomic E-state index is -0.127. The summed E-state index contributed by atoms with van der Waals surface area (Å²) in [5, 5.41) is 3.01. The molecule has 102 valence electrons. The van der Waals surface area contributed by atoms with Crippen molar-refractivity contribution in [1.29, 1.82) is 0 Å². The van der Waals surface area contributed by atoms with Gasteiger partial charge in [-0.05, 0) is 37.8 Å². The quantitative estimate of drug-likeness (QED) is 0.729. The molecule has 0 atom stereocenters. The van der Waals surface area contributed by atoms with E-state index in [9.17, 15) is 4.79 Å². The average molecular weight is 259 g/mol. The summed E-state index contributed by atoms with van der Waals surface area (Å²) in [5.41, 5.74) is 8.48. The Morgan fingerprint density at radius 3 is 2.63 bits per heavy atom. The third-order valence-corrected chi connectivity index (χ3v) is 3.40. The number of anilines is 1. The highest BCUT2D eigenvalue weighted by atomic mass is 16.2. The van der Waals surface area contributed by atoms with Crippen molar-refractivity contribution in [1.82, 2.24) is 10.9 Å². The van der Waals surface area contributed by atoms with E-state index >= 15 is 0 Å². The van der Waals surface area contributed by atoms with Crippen molar-refractivity contribution >= 4 is 11.6 Å². The van der Waals surface area contributed by atoms with E-state index in [2.05, 4.69) is 16.2 Å². The number of benzene rings is 1. The van der Waals surface area contributed by atoms with Crippen LogP contribution in [0.5, 0.6) is 0 Å². The lowest BCUT2D eigenvalue weighted by Crippen LogP contribution is -2.34. The molecule has 0 spiro atoms. The van der Waals surface area contributed by atoms with Crippen LogP contribution >= 0.6 is 0 Å². The standard InChI is InChI=1S/C15H21N3O/c1-16-14-10-6-5-9-13(14)15(19)18-17-11-12-7-3-2-4-8-12/h5-6,9-11,16-17H,2-4,7-8H2,1H3,(H,18,19). The van der Waals surface area contributed by atoms with Gasteiger partial charge >= 0.3 is 0 Å². The molecule has 1 aromatic rings. The summed E-state index contributed by atoms with van der Waals surface area (Å²) in [6.45, 7) is 0. The Morgan fingerprint density at radius 1 is 1.16 bits per heavy atom. The predicted octanol–water partition coefficient (Wildman–Crippen LogP) is 2.81. The summed E-state index contributed by atoms with van der Waals surface area (Å²) in [6, 6.07) is 7.44. The van der Waals surface area contributed by atoms with Gasteiger partial charge in [0.25, 0.3) is 5.91 Å². The Labute approximate surface area is 114 Å². The molecular weight excluding hydrogens is 238 g/mol. The molecule has 1 amide bonds. The van der Waals surface area contributed by atoms with Gasteiger partial charge in [0.2, 0.25) is 0 Å². The molecule has 1 aromatic carbocycles. The van der Waals surface area contributed by atoms with Gasteiger partial charge in [-0.1, -0.05) is 24.1 Å². The summed E-state index contributed by atoms with van der Waals surface area (Å²) >= 11 is 0. The van der Waals surface area contributed by atoms with E-state index in [1.54, 1.807) is 6.07 Å². The molecule has 0 aliphatic heterocycles. The highest BCUT2D eigenvalue weighted by Crippen LogP contribution is 2.21. The number of hydrazine groups is 1. The summed E-state index contributed by atoms with van der Waals surface area (Å²) in [7, 11) is 1.81. The van der Waals surface area contributed by atoms with E-state index in [4.69, 9.17) is 0 Å². The first-order chi connectivity index (χ1) is 9.31. The fourth-order valence-corrected chi connectivity index (χ4v) is 2.32. The van der Waals surface area contributed by atoms with Gasteiger partial charge in [0.1, 0.15) is 0 Å².